The minimum Gasteiger partial charge on any atom is -0.496 e. The van der Waals surface area contributed by atoms with Crippen molar-refractivity contribution in [3.05, 3.63) is 87.9 Å². The highest BCUT2D eigenvalue weighted by atomic mass is 79.9. The lowest BCUT2D eigenvalue weighted by Gasteiger charge is -2.25. The van der Waals surface area contributed by atoms with Crippen molar-refractivity contribution in [2.24, 2.45) is 5.10 Å². The van der Waals surface area contributed by atoms with Crippen LogP contribution in [-0.2, 0) is 14.8 Å². The van der Waals surface area contributed by atoms with E-state index in [2.05, 4.69) is 26.5 Å². The van der Waals surface area contributed by atoms with Gasteiger partial charge in [0.05, 0.1) is 23.9 Å². The van der Waals surface area contributed by atoms with Crippen molar-refractivity contribution in [3.8, 4) is 5.75 Å². The first-order valence-electron chi connectivity index (χ1n) is 10.0. The zero-order chi connectivity index (χ0) is 24.0. The van der Waals surface area contributed by atoms with E-state index in [1.54, 1.807) is 43.3 Å². The predicted molar refractivity (Wildman–Crippen MR) is 133 cm³/mol. The van der Waals surface area contributed by atoms with Crippen LogP contribution in [0.3, 0.4) is 0 Å². The fraction of sp³-hybridized carbons (Fsp3) is 0.167. The van der Waals surface area contributed by atoms with Crippen molar-refractivity contribution < 1.29 is 17.9 Å². The minimum absolute atomic E-state index is 0.0982. The maximum Gasteiger partial charge on any atom is 0.264 e. The van der Waals surface area contributed by atoms with Gasteiger partial charge < -0.3 is 4.74 Å². The zero-order valence-electron chi connectivity index (χ0n) is 18.4. The van der Waals surface area contributed by atoms with E-state index >= 15 is 0 Å². The number of ether oxygens (including phenoxy) is 1. The quantitative estimate of drug-likeness (QED) is 0.345. The second-order valence-corrected chi connectivity index (χ2v) is 10.1. The van der Waals surface area contributed by atoms with Crippen LogP contribution >= 0.6 is 15.9 Å². The number of rotatable bonds is 8. The molecule has 33 heavy (non-hydrogen) atoms. The summed E-state index contributed by atoms with van der Waals surface area (Å²) in [6, 6.07) is 18.9. The monoisotopic (exact) mass is 529 g/mol. The Kier molecular flexibility index (Phi) is 7.88. The molecule has 3 aromatic rings. The van der Waals surface area contributed by atoms with Gasteiger partial charge in [0.1, 0.15) is 12.3 Å². The molecule has 0 unspecified atom stereocenters. The lowest BCUT2D eigenvalue weighted by molar-refractivity contribution is -0.119. The van der Waals surface area contributed by atoms with Gasteiger partial charge in [-0.25, -0.2) is 13.8 Å². The molecule has 0 aromatic heterocycles. The van der Waals surface area contributed by atoms with Gasteiger partial charge in [-0.3, -0.25) is 9.10 Å². The number of carbonyl (C=O) groups is 1. The first kappa shape index (κ1) is 24.5. The van der Waals surface area contributed by atoms with E-state index in [4.69, 9.17) is 4.74 Å². The highest BCUT2D eigenvalue weighted by Crippen LogP contribution is 2.27. The molecule has 0 atom stereocenters. The zero-order valence-corrected chi connectivity index (χ0v) is 20.9. The fourth-order valence-electron chi connectivity index (χ4n) is 3.15. The lowest BCUT2D eigenvalue weighted by atomic mass is 10.1. The maximum atomic E-state index is 13.4. The number of benzene rings is 3. The summed E-state index contributed by atoms with van der Waals surface area (Å²) in [5, 5.41) is 3.99. The Morgan fingerprint density at radius 3 is 2.52 bits per heavy atom. The van der Waals surface area contributed by atoms with Crippen LogP contribution in [0.4, 0.5) is 5.69 Å². The molecule has 3 rings (SSSR count). The molecule has 172 valence electrons. The number of methoxy groups -OCH3 is 1. The van der Waals surface area contributed by atoms with Crippen molar-refractivity contribution in [1.82, 2.24) is 5.43 Å². The van der Waals surface area contributed by atoms with Gasteiger partial charge in [0.25, 0.3) is 15.9 Å². The molecule has 9 heteroatoms. The first-order chi connectivity index (χ1) is 15.7. The second-order valence-electron chi connectivity index (χ2n) is 7.29. The summed E-state index contributed by atoms with van der Waals surface area (Å²) >= 11 is 3.38. The van der Waals surface area contributed by atoms with Gasteiger partial charge >= 0.3 is 0 Å². The van der Waals surface area contributed by atoms with Gasteiger partial charge in [-0.05, 0) is 61.4 Å². The van der Waals surface area contributed by atoms with E-state index in [0.29, 0.717) is 17.0 Å². The summed E-state index contributed by atoms with van der Waals surface area (Å²) in [4.78, 5) is 12.8. The minimum atomic E-state index is -3.99. The molecule has 0 saturated heterocycles. The number of amides is 1. The van der Waals surface area contributed by atoms with Crippen LogP contribution in [0.15, 0.2) is 81.2 Å². The summed E-state index contributed by atoms with van der Waals surface area (Å²) in [6.07, 6.45) is 1.44. The van der Waals surface area contributed by atoms with Gasteiger partial charge in [-0.2, -0.15) is 5.10 Å². The lowest BCUT2D eigenvalue weighted by Crippen LogP contribution is -2.40. The van der Waals surface area contributed by atoms with E-state index in [-0.39, 0.29) is 4.90 Å². The number of hydrogen-bond donors (Lipinski definition) is 1. The topological polar surface area (TPSA) is 88.1 Å². The van der Waals surface area contributed by atoms with E-state index in [1.807, 2.05) is 25.1 Å². The smallest absolute Gasteiger partial charge is 0.264 e. The summed E-state index contributed by atoms with van der Waals surface area (Å²) in [6.45, 7) is 3.23. The molecule has 0 aliphatic carbocycles. The van der Waals surface area contributed by atoms with E-state index in [9.17, 15) is 13.2 Å². The standard InChI is InChI=1S/C24H24BrN3O4S/c1-17-9-10-18(2)22(13-17)28(33(30,31)21-7-5-4-6-8-21)16-24(29)27-26-15-19-14-20(25)11-12-23(19)32-3/h4-15H,16H2,1-3H3,(H,27,29)/b26-15-. The average Bonchev–Trinajstić information content (AvgIpc) is 2.80. The molecule has 1 N–H and O–H groups in total. The van der Waals surface area contributed by atoms with Gasteiger partial charge in [-0.15, -0.1) is 0 Å². The molecule has 1 amide bonds. The molecule has 0 fully saturated rings. The second kappa shape index (κ2) is 10.6. The number of hydrogen-bond acceptors (Lipinski definition) is 5. The van der Waals surface area contributed by atoms with Crippen molar-refractivity contribution in [3.63, 3.8) is 0 Å². The van der Waals surface area contributed by atoms with Crippen molar-refractivity contribution in [2.75, 3.05) is 18.0 Å². The van der Waals surface area contributed by atoms with Gasteiger partial charge in [-0.1, -0.05) is 46.3 Å². The molecule has 0 heterocycles. The normalized spacial score (nSPS) is 11.4. The number of nitrogens with one attached hydrogen (secondary N) is 1. The molecule has 0 spiro atoms. The number of carbonyl (C=O) groups excluding carboxylic acids is 1. The van der Waals surface area contributed by atoms with Crippen LogP contribution in [0.25, 0.3) is 0 Å². The molecule has 0 radical (unpaired) electrons. The van der Waals surface area contributed by atoms with E-state index in [0.717, 1.165) is 19.9 Å². The van der Waals surface area contributed by atoms with Crippen molar-refractivity contribution in [2.45, 2.75) is 18.7 Å². The highest BCUT2D eigenvalue weighted by Gasteiger charge is 2.28. The van der Waals surface area contributed by atoms with Crippen LogP contribution in [0, 0.1) is 13.8 Å². The van der Waals surface area contributed by atoms with Crippen LogP contribution < -0.4 is 14.5 Å². The summed E-state index contributed by atoms with van der Waals surface area (Å²) in [5.41, 5.74) is 5.11. The van der Waals surface area contributed by atoms with Crippen molar-refractivity contribution in [1.29, 1.82) is 0 Å². The molecule has 0 aliphatic heterocycles. The Morgan fingerprint density at radius 1 is 1.09 bits per heavy atom. The average molecular weight is 530 g/mol. The molecule has 3 aromatic carbocycles. The summed E-state index contributed by atoms with van der Waals surface area (Å²) in [7, 11) is -2.45. The van der Waals surface area contributed by atoms with E-state index < -0.39 is 22.5 Å². The maximum absolute atomic E-state index is 13.4. The highest BCUT2D eigenvalue weighted by molar-refractivity contribution is 9.10. The van der Waals surface area contributed by atoms with Gasteiger partial charge in [0, 0.05) is 10.0 Å². The number of halogens is 1. The molecular weight excluding hydrogens is 506 g/mol. The number of sulfonamides is 1. The SMILES string of the molecule is COc1ccc(Br)cc1/C=N\NC(=O)CN(c1cc(C)ccc1C)S(=O)(=O)c1ccccc1. The molecular formula is C24H24BrN3O4S. The molecule has 0 bridgehead atoms. The fourth-order valence-corrected chi connectivity index (χ4v) is 5.03. The third-order valence-electron chi connectivity index (χ3n) is 4.84. The molecule has 0 saturated carbocycles. The Bertz CT molecular complexity index is 1280. The molecule has 0 aliphatic rings. The summed E-state index contributed by atoms with van der Waals surface area (Å²) in [5.74, 6) is 0.000456. The number of aryl methyl sites for hydroxylation is 2. The third-order valence-corrected chi connectivity index (χ3v) is 7.10. The molecule has 7 nitrogen and oxygen atoms in total. The number of anilines is 1. The Labute approximate surface area is 202 Å². The van der Waals surface area contributed by atoms with Gasteiger partial charge in [0.15, 0.2) is 0 Å². The number of hydrazone groups is 1. The Balaban J connectivity index is 1.89. The Hall–Kier alpha value is -3.17. The van der Waals surface area contributed by atoms with Crippen LogP contribution in [0.5, 0.6) is 5.75 Å². The first-order valence-corrected chi connectivity index (χ1v) is 12.3. The van der Waals surface area contributed by atoms with Gasteiger partial charge in [0.2, 0.25) is 0 Å². The van der Waals surface area contributed by atoms with Crippen LogP contribution in [-0.4, -0.2) is 34.2 Å². The van der Waals surface area contributed by atoms with E-state index in [1.165, 1.54) is 25.5 Å². The Morgan fingerprint density at radius 2 is 1.82 bits per heavy atom. The summed E-state index contributed by atoms with van der Waals surface area (Å²) < 4.78 is 34.1. The van der Waals surface area contributed by atoms with Crippen LogP contribution in [0.2, 0.25) is 0 Å². The largest absolute Gasteiger partial charge is 0.496 e. The third kappa shape index (κ3) is 6.00. The van der Waals surface area contributed by atoms with Crippen LogP contribution in [0.1, 0.15) is 16.7 Å². The van der Waals surface area contributed by atoms with Crippen molar-refractivity contribution >= 4 is 43.8 Å². The predicted octanol–water partition coefficient (Wildman–Crippen LogP) is 4.42. The number of nitrogens with zero attached hydrogens (tertiary/aromatic N) is 2.